The van der Waals surface area contributed by atoms with Crippen molar-refractivity contribution in [1.29, 1.82) is 0 Å². The number of hydrogen-bond donors (Lipinski definition) is 1. The molecule has 98 valence electrons. The van der Waals surface area contributed by atoms with Crippen molar-refractivity contribution in [3.8, 4) is 0 Å². The van der Waals surface area contributed by atoms with Crippen LogP contribution in [-0.4, -0.2) is 42.4 Å². The standard InChI is InChI=1S/C13H18N2O3/c1-9-6-10(13(16)17)7-14-12(9)15(2)8-11-4-3-5-18-11/h6-7,11H,3-5,8H2,1-2H3,(H,16,17). The molecule has 0 aromatic carbocycles. The number of anilines is 1. The molecule has 0 amide bonds. The predicted octanol–water partition coefficient (Wildman–Crippen LogP) is 1.70. The van der Waals surface area contributed by atoms with Crippen LogP contribution in [0.3, 0.4) is 0 Å². The molecule has 1 aliphatic rings. The summed E-state index contributed by atoms with van der Waals surface area (Å²) in [4.78, 5) is 17.1. The number of ether oxygens (including phenoxy) is 1. The van der Waals surface area contributed by atoms with E-state index in [2.05, 4.69) is 4.98 Å². The first-order chi connectivity index (χ1) is 8.58. The van der Waals surface area contributed by atoms with Crippen molar-refractivity contribution in [3.05, 3.63) is 23.4 Å². The Morgan fingerprint density at radius 3 is 3.00 bits per heavy atom. The second kappa shape index (κ2) is 5.35. The van der Waals surface area contributed by atoms with E-state index in [0.29, 0.717) is 0 Å². The lowest BCUT2D eigenvalue weighted by Crippen LogP contribution is -2.29. The Morgan fingerprint density at radius 1 is 1.67 bits per heavy atom. The van der Waals surface area contributed by atoms with Crippen molar-refractivity contribution in [2.45, 2.75) is 25.9 Å². The molecule has 1 aromatic rings. The van der Waals surface area contributed by atoms with Gasteiger partial charge in [0.15, 0.2) is 0 Å². The Bertz CT molecular complexity index is 442. The van der Waals surface area contributed by atoms with Gasteiger partial charge in [0, 0.05) is 26.4 Å². The summed E-state index contributed by atoms with van der Waals surface area (Å²) in [6, 6.07) is 1.65. The molecule has 2 heterocycles. The average molecular weight is 250 g/mol. The third-order valence-electron chi connectivity index (χ3n) is 3.16. The largest absolute Gasteiger partial charge is 0.478 e. The molecule has 2 rings (SSSR count). The molecule has 1 unspecified atom stereocenters. The van der Waals surface area contributed by atoms with Gasteiger partial charge in [0.2, 0.25) is 0 Å². The number of hydrogen-bond acceptors (Lipinski definition) is 4. The number of nitrogens with zero attached hydrogens (tertiary/aromatic N) is 2. The maximum absolute atomic E-state index is 10.8. The molecule has 0 aliphatic carbocycles. The Balaban J connectivity index is 2.09. The van der Waals surface area contributed by atoms with Crippen LogP contribution in [0.15, 0.2) is 12.3 Å². The van der Waals surface area contributed by atoms with Crippen molar-refractivity contribution >= 4 is 11.8 Å². The zero-order chi connectivity index (χ0) is 13.1. The van der Waals surface area contributed by atoms with Crippen molar-refractivity contribution in [2.24, 2.45) is 0 Å². The Morgan fingerprint density at radius 2 is 2.44 bits per heavy atom. The summed E-state index contributed by atoms with van der Waals surface area (Å²) in [5.41, 5.74) is 1.09. The lowest BCUT2D eigenvalue weighted by molar-refractivity contribution is 0.0696. The van der Waals surface area contributed by atoms with Gasteiger partial charge in [-0.15, -0.1) is 0 Å². The van der Waals surface area contributed by atoms with E-state index in [1.807, 2.05) is 18.9 Å². The van der Waals surface area contributed by atoms with Crippen LogP contribution < -0.4 is 4.90 Å². The number of carboxylic acid groups (broad SMARTS) is 1. The number of carboxylic acids is 1. The molecular weight excluding hydrogens is 232 g/mol. The molecular formula is C13H18N2O3. The topological polar surface area (TPSA) is 62.7 Å². The number of aryl methyl sites for hydroxylation is 1. The molecule has 0 bridgehead atoms. The van der Waals surface area contributed by atoms with E-state index < -0.39 is 5.97 Å². The van der Waals surface area contributed by atoms with Crippen molar-refractivity contribution in [1.82, 2.24) is 4.98 Å². The second-order valence-electron chi connectivity index (χ2n) is 4.69. The Hall–Kier alpha value is -1.62. The molecule has 5 heteroatoms. The smallest absolute Gasteiger partial charge is 0.337 e. The number of aromatic carboxylic acids is 1. The van der Waals surface area contributed by atoms with E-state index in [-0.39, 0.29) is 11.7 Å². The maximum atomic E-state index is 10.8. The average Bonchev–Trinajstić information content (AvgIpc) is 2.81. The maximum Gasteiger partial charge on any atom is 0.337 e. The van der Waals surface area contributed by atoms with Crippen LogP contribution in [0, 0.1) is 6.92 Å². The highest BCUT2D eigenvalue weighted by molar-refractivity contribution is 5.87. The molecule has 1 aromatic heterocycles. The van der Waals surface area contributed by atoms with Gasteiger partial charge in [-0.2, -0.15) is 0 Å². The molecule has 1 saturated heterocycles. The van der Waals surface area contributed by atoms with Gasteiger partial charge in [-0.1, -0.05) is 0 Å². The fourth-order valence-corrected chi connectivity index (χ4v) is 2.26. The van der Waals surface area contributed by atoms with Crippen LogP contribution in [0.4, 0.5) is 5.82 Å². The van der Waals surface area contributed by atoms with E-state index in [0.717, 1.165) is 37.4 Å². The molecule has 0 radical (unpaired) electrons. The zero-order valence-corrected chi connectivity index (χ0v) is 10.7. The minimum absolute atomic E-state index is 0.224. The minimum Gasteiger partial charge on any atom is -0.478 e. The summed E-state index contributed by atoms with van der Waals surface area (Å²) in [5, 5.41) is 8.89. The van der Waals surface area contributed by atoms with E-state index in [1.165, 1.54) is 6.20 Å². The molecule has 5 nitrogen and oxygen atoms in total. The number of carbonyl (C=O) groups is 1. The number of likely N-dealkylation sites (N-methyl/N-ethyl adjacent to an activating group) is 1. The first-order valence-electron chi connectivity index (χ1n) is 6.10. The second-order valence-corrected chi connectivity index (χ2v) is 4.69. The van der Waals surface area contributed by atoms with E-state index in [9.17, 15) is 4.79 Å². The monoisotopic (exact) mass is 250 g/mol. The number of aromatic nitrogens is 1. The summed E-state index contributed by atoms with van der Waals surface area (Å²) in [7, 11) is 1.96. The quantitative estimate of drug-likeness (QED) is 0.881. The van der Waals surface area contributed by atoms with Crippen molar-refractivity contribution in [2.75, 3.05) is 25.1 Å². The highest BCUT2D eigenvalue weighted by Crippen LogP contribution is 2.20. The summed E-state index contributed by atoms with van der Waals surface area (Å²) in [6.07, 6.45) is 3.85. The first kappa shape index (κ1) is 12.8. The van der Waals surface area contributed by atoms with Crippen LogP contribution in [-0.2, 0) is 4.74 Å². The number of pyridine rings is 1. The normalized spacial score (nSPS) is 18.9. The van der Waals surface area contributed by atoms with Gasteiger partial charge in [0.25, 0.3) is 0 Å². The Labute approximate surface area is 106 Å². The van der Waals surface area contributed by atoms with Gasteiger partial charge in [0.05, 0.1) is 11.7 Å². The van der Waals surface area contributed by atoms with Gasteiger partial charge in [-0.05, 0) is 31.4 Å². The molecule has 18 heavy (non-hydrogen) atoms. The summed E-state index contributed by atoms with van der Waals surface area (Å²) in [5.74, 6) is -0.130. The van der Waals surface area contributed by atoms with Crippen molar-refractivity contribution in [3.63, 3.8) is 0 Å². The van der Waals surface area contributed by atoms with E-state index in [4.69, 9.17) is 9.84 Å². The summed E-state index contributed by atoms with van der Waals surface area (Å²) in [6.45, 7) is 3.50. The summed E-state index contributed by atoms with van der Waals surface area (Å²) >= 11 is 0. The lowest BCUT2D eigenvalue weighted by atomic mass is 10.2. The third kappa shape index (κ3) is 2.79. The molecule has 0 spiro atoms. The molecule has 1 atom stereocenters. The number of rotatable bonds is 4. The van der Waals surface area contributed by atoms with Gasteiger partial charge < -0.3 is 14.7 Å². The van der Waals surface area contributed by atoms with Crippen LogP contribution in [0.5, 0.6) is 0 Å². The van der Waals surface area contributed by atoms with Gasteiger partial charge in [-0.3, -0.25) is 0 Å². The third-order valence-corrected chi connectivity index (χ3v) is 3.16. The van der Waals surface area contributed by atoms with Crippen LogP contribution in [0.2, 0.25) is 0 Å². The Kier molecular flexibility index (Phi) is 3.81. The van der Waals surface area contributed by atoms with E-state index >= 15 is 0 Å². The molecule has 1 fully saturated rings. The fourth-order valence-electron chi connectivity index (χ4n) is 2.26. The van der Waals surface area contributed by atoms with Crippen LogP contribution >= 0.6 is 0 Å². The van der Waals surface area contributed by atoms with Gasteiger partial charge in [-0.25, -0.2) is 9.78 Å². The van der Waals surface area contributed by atoms with Crippen LogP contribution in [0.25, 0.3) is 0 Å². The molecule has 1 N–H and O–H groups in total. The van der Waals surface area contributed by atoms with Gasteiger partial charge in [0.1, 0.15) is 5.82 Å². The fraction of sp³-hybridized carbons (Fsp3) is 0.538. The van der Waals surface area contributed by atoms with Crippen molar-refractivity contribution < 1.29 is 14.6 Å². The molecule has 1 aliphatic heterocycles. The lowest BCUT2D eigenvalue weighted by Gasteiger charge is -2.23. The van der Waals surface area contributed by atoms with E-state index in [1.54, 1.807) is 6.07 Å². The summed E-state index contributed by atoms with van der Waals surface area (Å²) < 4.78 is 5.58. The zero-order valence-electron chi connectivity index (χ0n) is 10.7. The SMILES string of the molecule is Cc1cc(C(=O)O)cnc1N(C)CC1CCCO1. The van der Waals surface area contributed by atoms with Crippen LogP contribution in [0.1, 0.15) is 28.8 Å². The highest BCUT2D eigenvalue weighted by atomic mass is 16.5. The minimum atomic E-state index is -0.945. The van der Waals surface area contributed by atoms with Gasteiger partial charge >= 0.3 is 5.97 Å². The molecule has 0 saturated carbocycles. The highest BCUT2D eigenvalue weighted by Gasteiger charge is 2.19. The predicted molar refractivity (Wildman–Crippen MR) is 68.2 cm³/mol. The first-order valence-corrected chi connectivity index (χ1v) is 6.10.